The van der Waals surface area contributed by atoms with Gasteiger partial charge in [0.1, 0.15) is 17.3 Å². The number of benzene rings is 1. The molecule has 0 bridgehead atoms. The van der Waals surface area contributed by atoms with Crippen LogP contribution in [0, 0.1) is 5.82 Å². The average Bonchev–Trinajstić information content (AvgIpc) is 2.64. The number of aromatic nitrogens is 3. The largest absolute Gasteiger partial charge is 0.373 e. The Morgan fingerprint density at radius 1 is 1.19 bits per heavy atom. The third kappa shape index (κ3) is 3.70. The maximum absolute atomic E-state index is 14.3. The van der Waals surface area contributed by atoms with Crippen molar-refractivity contribution in [1.82, 2.24) is 20.5 Å². The molecule has 1 unspecified atom stereocenters. The number of nitrogens with zero attached hydrogens (tertiary/aromatic N) is 3. The first-order valence-electron chi connectivity index (χ1n) is 8.61. The average molecular weight is 385 g/mol. The first-order valence-corrected chi connectivity index (χ1v) is 8.99. The van der Waals surface area contributed by atoms with E-state index in [0.29, 0.717) is 16.3 Å². The van der Waals surface area contributed by atoms with Crippen LogP contribution in [0.15, 0.2) is 42.6 Å². The molecule has 1 aliphatic heterocycles. The van der Waals surface area contributed by atoms with Crippen LogP contribution in [0.3, 0.4) is 0 Å². The van der Waals surface area contributed by atoms with Crippen LogP contribution in [0.25, 0.3) is 11.3 Å². The highest BCUT2D eigenvalue weighted by Crippen LogP contribution is 2.33. The van der Waals surface area contributed by atoms with Crippen molar-refractivity contribution in [3.05, 3.63) is 59.1 Å². The smallest absolute Gasteiger partial charge is 0.132 e. The Balaban J connectivity index is 1.75. The molecule has 0 spiro atoms. The second-order valence-corrected chi connectivity index (χ2v) is 6.69. The molecule has 1 fully saturated rings. The van der Waals surface area contributed by atoms with Crippen molar-refractivity contribution in [3.63, 3.8) is 0 Å². The number of anilines is 3. The molecule has 1 atom stereocenters. The van der Waals surface area contributed by atoms with Gasteiger partial charge < -0.3 is 16.0 Å². The van der Waals surface area contributed by atoms with Crippen LogP contribution in [0.2, 0.25) is 5.02 Å². The lowest BCUT2D eigenvalue weighted by molar-refractivity contribution is 0.373. The van der Waals surface area contributed by atoms with Gasteiger partial charge in [-0.2, -0.15) is 5.10 Å². The van der Waals surface area contributed by atoms with Gasteiger partial charge in [0.2, 0.25) is 0 Å². The second kappa shape index (κ2) is 7.46. The molecule has 3 N–H and O–H groups in total. The molecule has 6 nitrogen and oxygen atoms in total. The molecule has 0 saturated carbocycles. The summed E-state index contributed by atoms with van der Waals surface area (Å²) < 4.78 is 14.3. The highest BCUT2D eigenvalue weighted by Gasteiger charge is 2.24. The fourth-order valence-electron chi connectivity index (χ4n) is 2.91. The van der Waals surface area contributed by atoms with E-state index in [9.17, 15) is 4.39 Å². The first kappa shape index (κ1) is 17.6. The summed E-state index contributed by atoms with van der Waals surface area (Å²) in [7, 11) is 1.81. The van der Waals surface area contributed by atoms with Crippen molar-refractivity contribution >= 4 is 28.8 Å². The van der Waals surface area contributed by atoms with Gasteiger partial charge in [0.05, 0.1) is 17.4 Å². The van der Waals surface area contributed by atoms with Gasteiger partial charge in [-0.05, 0) is 43.3 Å². The molecule has 138 valence electrons. The molecule has 0 radical (unpaired) electrons. The number of hydrogen-bond acceptors (Lipinski definition) is 6. The molecule has 4 rings (SSSR count). The summed E-state index contributed by atoms with van der Waals surface area (Å²) >= 11 is 6.03. The summed E-state index contributed by atoms with van der Waals surface area (Å²) in [5.41, 5.74) is 3.15. The minimum Gasteiger partial charge on any atom is -0.373 e. The van der Waals surface area contributed by atoms with Crippen molar-refractivity contribution < 1.29 is 4.39 Å². The van der Waals surface area contributed by atoms with Crippen LogP contribution in [0.5, 0.6) is 0 Å². The zero-order chi connectivity index (χ0) is 18.8. The number of nitrogens with one attached hydrogen (secondary N) is 3. The van der Waals surface area contributed by atoms with Gasteiger partial charge in [0, 0.05) is 35.6 Å². The van der Waals surface area contributed by atoms with Crippen LogP contribution in [-0.4, -0.2) is 28.8 Å². The summed E-state index contributed by atoms with van der Waals surface area (Å²) in [4.78, 5) is 4.22. The maximum Gasteiger partial charge on any atom is 0.132 e. The lowest BCUT2D eigenvalue weighted by atomic mass is 10.0. The Hall–Kier alpha value is -2.77. The third-order valence-electron chi connectivity index (χ3n) is 4.48. The molecule has 3 heterocycles. The molecular formula is C19H18ClFN6. The Morgan fingerprint density at radius 2 is 2.04 bits per heavy atom. The summed E-state index contributed by atoms with van der Waals surface area (Å²) in [5.74, 6) is 0.349. The SMILES string of the molecule is CNc1cc(Nc2cc(-c3cc(Cl)ccc3F)nnc2C2CCN2)ccn1. The van der Waals surface area contributed by atoms with Crippen LogP contribution in [0.4, 0.5) is 21.6 Å². The predicted octanol–water partition coefficient (Wildman–Crippen LogP) is 4.15. The highest BCUT2D eigenvalue weighted by molar-refractivity contribution is 6.30. The van der Waals surface area contributed by atoms with E-state index < -0.39 is 5.82 Å². The van der Waals surface area contributed by atoms with E-state index in [0.717, 1.165) is 35.9 Å². The fraction of sp³-hybridized carbons (Fsp3) is 0.211. The monoisotopic (exact) mass is 384 g/mol. The number of pyridine rings is 1. The maximum atomic E-state index is 14.3. The molecule has 2 aromatic heterocycles. The van der Waals surface area contributed by atoms with E-state index in [1.165, 1.54) is 12.1 Å². The van der Waals surface area contributed by atoms with Gasteiger partial charge in [-0.25, -0.2) is 9.37 Å². The van der Waals surface area contributed by atoms with E-state index in [4.69, 9.17) is 11.6 Å². The summed E-state index contributed by atoms with van der Waals surface area (Å²) in [6, 6.07) is 10.1. The van der Waals surface area contributed by atoms with E-state index in [2.05, 4.69) is 31.1 Å². The van der Waals surface area contributed by atoms with Gasteiger partial charge in [-0.15, -0.1) is 5.10 Å². The molecule has 3 aromatic rings. The zero-order valence-electron chi connectivity index (χ0n) is 14.6. The Labute approximate surface area is 161 Å². The minimum absolute atomic E-state index is 0.129. The fourth-order valence-corrected chi connectivity index (χ4v) is 3.08. The third-order valence-corrected chi connectivity index (χ3v) is 4.71. The van der Waals surface area contributed by atoms with Gasteiger partial charge in [0.15, 0.2) is 0 Å². The molecule has 0 aliphatic carbocycles. The summed E-state index contributed by atoms with van der Waals surface area (Å²) in [6.07, 6.45) is 2.69. The van der Waals surface area contributed by atoms with Gasteiger partial charge in [0.25, 0.3) is 0 Å². The van der Waals surface area contributed by atoms with Crippen LogP contribution >= 0.6 is 11.6 Å². The Bertz CT molecular complexity index is 976. The molecular weight excluding hydrogens is 367 g/mol. The molecule has 1 saturated heterocycles. The summed E-state index contributed by atoms with van der Waals surface area (Å²) in [5, 5.41) is 18.8. The normalized spacial score (nSPS) is 15.9. The Morgan fingerprint density at radius 3 is 2.78 bits per heavy atom. The van der Waals surface area contributed by atoms with Crippen molar-refractivity contribution in [2.24, 2.45) is 0 Å². The quantitative estimate of drug-likeness (QED) is 0.613. The second-order valence-electron chi connectivity index (χ2n) is 6.25. The van der Waals surface area contributed by atoms with Crippen LogP contribution < -0.4 is 16.0 Å². The topological polar surface area (TPSA) is 74.8 Å². The zero-order valence-corrected chi connectivity index (χ0v) is 15.4. The van der Waals surface area contributed by atoms with E-state index in [-0.39, 0.29) is 6.04 Å². The van der Waals surface area contributed by atoms with E-state index in [1.807, 2.05) is 19.2 Å². The van der Waals surface area contributed by atoms with E-state index in [1.54, 1.807) is 18.3 Å². The highest BCUT2D eigenvalue weighted by atomic mass is 35.5. The lowest BCUT2D eigenvalue weighted by Gasteiger charge is -2.28. The van der Waals surface area contributed by atoms with Crippen molar-refractivity contribution in [1.29, 1.82) is 0 Å². The first-order chi connectivity index (χ1) is 13.1. The van der Waals surface area contributed by atoms with Crippen molar-refractivity contribution in [2.45, 2.75) is 12.5 Å². The molecule has 1 aliphatic rings. The van der Waals surface area contributed by atoms with Crippen molar-refractivity contribution in [3.8, 4) is 11.3 Å². The van der Waals surface area contributed by atoms with Gasteiger partial charge in [-0.1, -0.05) is 11.6 Å². The predicted molar refractivity (Wildman–Crippen MR) is 105 cm³/mol. The molecule has 8 heteroatoms. The number of rotatable bonds is 5. The number of hydrogen-bond donors (Lipinski definition) is 3. The summed E-state index contributed by atoms with van der Waals surface area (Å²) in [6.45, 7) is 0.940. The lowest BCUT2D eigenvalue weighted by Crippen LogP contribution is -2.36. The number of halogens is 2. The Kier molecular flexibility index (Phi) is 4.87. The van der Waals surface area contributed by atoms with E-state index >= 15 is 0 Å². The molecule has 1 aromatic carbocycles. The molecule has 27 heavy (non-hydrogen) atoms. The van der Waals surface area contributed by atoms with Gasteiger partial charge >= 0.3 is 0 Å². The standard InChI is InChI=1S/C19H18ClFN6/c1-22-18-9-12(4-6-24-18)25-17-10-16(13-8-11(20)2-3-14(13)21)26-27-19(17)15-5-7-23-15/h2-4,6,8-10,15,23H,5,7H2,1H3,(H2,22,24,25,26). The van der Waals surface area contributed by atoms with Crippen LogP contribution in [0.1, 0.15) is 18.2 Å². The minimum atomic E-state index is -0.393. The van der Waals surface area contributed by atoms with Crippen molar-refractivity contribution in [2.75, 3.05) is 24.2 Å². The molecule has 0 amide bonds. The van der Waals surface area contributed by atoms with Crippen LogP contribution in [-0.2, 0) is 0 Å². The van der Waals surface area contributed by atoms with Gasteiger partial charge in [-0.3, -0.25) is 0 Å².